The van der Waals surface area contributed by atoms with Crippen LogP contribution in [0.2, 0.25) is 0 Å². The van der Waals surface area contributed by atoms with E-state index in [9.17, 15) is 5.11 Å². The topological polar surface area (TPSA) is 99.0 Å². The van der Waals surface area contributed by atoms with Gasteiger partial charge in [0.15, 0.2) is 12.2 Å². The summed E-state index contributed by atoms with van der Waals surface area (Å²) in [5.74, 6) is 2.61. The molecule has 28 heavy (non-hydrogen) atoms. The third kappa shape index (κ3) is 3.83. The quantitative estimate of drug-likeness (QED) is 0.388. The van der Waals surface area contributed by atoms with Crippen molar-refractivity contribution < 1.29 is 9.52 Å². The van der Waals surface area contributed by atoms with Gasteiger partial charge in [0, 0.05) is 23.9 Å². The molecule has 2 aromatic carbocycles. The second-order valence-electron chi connectivity index (χ2n) is 6.67. The maximum atomic E-state index is 9.88. The number of phenolic OH excluding ortho intramolecular Hbond substituents is 1. The van der Waals surface area contributed by atoms with Gasteiger partial charge in [0.2, 0.25) is 0 Å². The number of rotatable bonds is 6. The molecule has 0 unspecified atom stereocenters. The predicted octanol–water partition coefficient (Wildman–Crippen LogP) is 4.74. The zero-order valence-corrected chi connectivity index (χ0v) is 15.7. The third-order valence-corrected chi connectivity index (χ3v) is 4.48. The van der Waals surface area contributed by atoms with Crippen LogP contribution in [0.25, 0.3) is 11.3 Å². The molecular weight excluding hydrogens is 354 g/mol. The van der Waals surface area contributed by atoms with E-state index < -0.39 is 0 Å². The van der Waals surface area contributed by atoms with Gasteiger partial charge in [0.25, 0.3) is 0 Å². The zero-order chi connectivity index (χ0) is 19.5. The first kappa shape index (κ1) is 17.7. The molecule has 0 amide bonds. The summed E-state index contributed by atoms with van der Waals surface area (Å²) in [4.78, 5) is 3.93. The highest BCUT2D eigenvalue weighted by atomic mass is 16.3. The second kappa shape index (κ2) is 7.48. The number of anilines is 3. The zero-order valence-electron chi connectivity index (χ0n) is 15.7. The van der Waals surface area contributed by atoms with Gasteiger partial charge in [-0.2, -0.15) is 5.10 Å². The van der Waals surface area contributed by atoms with Crippen molar-refractivity contribution in [3.8, 4) is 17.1 Å². The molecule has 0 saturated heterocycles. The molecule has 0 aliphatic carbocycles. The number of H-pyrrole nitrogens is 1. The summed E-state index contributed by atoms with van der Waals surface area (Å²) in [6.45, 7) is 4.42. The fourth-order valence-corrected chi connectivity index (χ4v) is 3.05. The summed E-state index contributed by atoms with van der Waals surface area (Å²) in [6.07, 6.45) is 3.10. The Morgan fingerprint density at radius 3 is 2.50 bits per heavy atom. The lowest BCUT2D eigenvalue weighted by Crippen LogP contribution is -2.00. The number of nitrogens with zero attached hydrogens (tertiary/aromatic N) is 2. The van der Waals surface area contributed by atoms with Crippen LogP contribution in [-0.4, -0.2) is 20.3 Å². The summed E-state index contributed by atoms with van der Waals surface area (Å²) >= 11 is 0. The number of hydrogen-bond donors (Lipinski definition) is 4. The number of oxazole rings is 1. The van der Waals surface area contributed by atoms with Crippen molar-refractivity contribution in [2.75, 3.05) is 10.6 Å². The maximum absolute atomic E-state index is 9.88. The van der Waals surface area contributed by atoms with Crippen molar-refractivity contribution in [1.82, 2.24) is 15.2 Å². The van der Waals surface area contributed by atoms with Crippen molar-refractivity contribution in [3.63, 3.8) is 0 Å². The average molecular weight is 375 g/mol. The molecule has 4 aromatic rings. The van der Waals surface area contributed by atoms with Crippen molar-refractivity contribution in [3.05, 3.63) is 71.7 Å². The Balaban J connectivity index is 1.38. The van der Waals surface area contributed by atoms with Crippen molar-refractivity contribution in [2.24, 2.45) is 0 Å². The molecule has 0 saturated carbocycles. The minimum absolute atomic E-state index is 0.351. The van der Waals surface area contributed by atoms with E-state index in [1.165, 1.54) is 6.39 Å². The molecule has 4 N–H and O–H groups in total. The largest absolute Gasteiger partial charge is 0.507 e. The monoisotopic (exact) mass is 375 g/mol. The predicted molar refractivity (Wildman–Crippen MR) is 109 cm³/mol. The molecule has 7 heteroatoms. The summed E-state index contributed by atoms with van der Waals surface area (Å²) < 4.78 is 5.30. The van der Waals surface area contributed by atoms with Gasteiger partial charge >= 0.3 is 0 Å². The van der Waals surface area contributed by atoms with E-state index in [1.807, 2.05) is 56.3 Å². The van der Waals surface area contributed by atoms with Crippen LogP contribution >= 0.6 is 0 Å². The second-order valence-corrected chi connectivity index (χ2v) is 6.67. The smallest absolute Gasteiger partial charge is 0.181 e. The van der Waals surface area contributed by atoms with Crippen LogP contribution in [-0.2, 0) is 6.54 Å². The Morgan fingerprint density at radius 2 is 1.82 bits per heavy atom. The number of aromatic amines is 1. The number of nitrogens with one attached hydrogen (secondary N) is 3. The summed E-state index contributed by atoms with van der Waals surface area (Å²) in [5, 5.41) is 23.7. The molecule has 0 bridgehead atoms. The molecule has 0 aliphatic heterocycles. The lowest BCUT2D eigenvalue weighted by molar-refractivity contribution is 0.466. The standard InChI is InChI=1S/C21H21N5O2/c1-13-7-15(8-14(2)21(13)27)10-23-19-9-20(26-25-19)24-17-5-3-16(4-6-17)18-11-22-12-28-18/h3-9,11-12,27H,10H2,1-2H3,(H3,23,24,25,26). The van der Waals surface area contributed by atoms with Gasteiger partial charge in [-0.05, 0) is 54.8 Å². The number of benzene rings is 2. The van der Waals surface area contributed by atoms with Crippen LogP contribution in [0.3, 0.4) is 0 Å². The molecular formula is C21H21N5O2. The molecule has 0 atom stereocenters. The van der Waals surface area contributed by atoms with E-state index >= 15 is 0 Å². The van der Waals surface area contributed by atoms with Crippen LogP contribution in [0.15, 0.2) is 59.5 Å². The van der Waals surface area contributed by atoms with E-state index in [-0.39, 0.29) is 0 Å². The lowest BCUT2D eigenvalue weighted by Gasteiger charge is -2.08. The minimum atomic E-state index is 0.351. The van der Waals surface area contributed by atoms with Gasteiger partial charge < -0.3 is 20.2 Å². The molecule has 0 radical (unpaired) electrons. The highest BCUT2D eigenvalue weighted by Gasteiger charge is 2.06. The van der Waals surface area contributed by atoms with E-state index in [1.54, 1.807) is 6.20 Å². The Morgan fingerprint density at radius 1 is 1.07 bits per heavy atom. The normalized spacial score (nSPS) is 10.8. The first-order valence-electron chi connectivity index (χ1n) is 8.93. The number of aromatic nitrogens is 3. The number of phenols is 1. The van der Waals surface area contributed by atoms with Gasteiger partial charge in [0.1, 0.15) is 17.4 Å². The lowest BCUT2D eigenvalue weighted by atomic mass is 10.1. The molecule has 7 nitrogen and oxygen atoms in total. The highest BCUT2D eigenvalue weighted by molar-refractivity contribution is 5.64. The summed E-state index contributed by atoms with van der Waals surface area (Å²) in [5.41, 5.74) is 4.73. The molecule has 0 aliphatic rings. The molecule has 142 valence electrons. The first-order chi connectivity index (χ1) is 13.6. The Kier molecular flexibility index (Phi) is 4.72. The fourth-order valence-electron chi connectivity index (χ4n) is 3.05. The van der Waals surface area contributed by atoms with E-state index in [0.29, 0.717) is 12.3 Å². The van der Waals surface area contributed by atoms with Gasteiger partial charge in [-0.15, -0.1) is 0 Å². The van der Waals surface area contributed by atoms with Crippen molar-refractivity contribution in [2.45, 2.75) is 20.4 Å². The Labute approximate surface area is 162 Å². The first-order valence-corrected chi connectivity index (χ1v) is 8.93. The van der Waals surface area contributed by atoms with Crippen LogP contribution in [0, 0.1) is 13.8 Å². The van der Waals surface area contributed by atoms with Crippen LogP contribution in [0.5, 0.6) is 5.75 Å². The molecule has 0 fully saturated rings. The maximum Gasteiger partial charge on any atom is 0.181 e. The van der Waals surface area contributed by atoms with Crippen LogP contribution < -0.4 is 10.6 Å². The van der Waals surface area contributed by atoms with Gasteiger partial charge in [-0.1, -0.05) is 12.1 Å². The molecule has 4 rings (SSSR count). The summed E-state index contributed by atoms with van der Waals surface area (Å²) in [6, 6.07) is 13.7. The van der Waals surface area contributed by atoms with Crippen molar-refractivity contribution >= 4 is 17.3 Å². The van der Waals surface area contributed by atoms with E-state index in [4.69, 9.17) is 4.42 Å². The summed E-state index contributed by atoms with van der Waals surface area (Å²) in [7, 11) is 0. The number of aryl methyl sites for hydroxylation is 2. The molecule has 2 heterocycles. The van der Waals surface area contributed by atoms with Gasteiger partial charge in [0.05, 0.1) is 6.20 Å². The molecule has 0 spiro atoms. The average Bonchev–Trinajstić information content (AvgIpc) is 3.37. The van der Waals surface area contributed by atoms with E-state index in [0.717, 1.165) is 45.3 Å². The fraction of sp³-hybridized carbons (Fsp3) is 0.143. The Hall–Kier alpha value is -3.74. The highest BCUT2D eigenvalue weighted by Crippen LogP contribution is 2.25. The number of aromatic hydroxyl groups is 1. The number of hydrogen-bond acceptors (Lipinski definition) is 6. The molecule has 2 aromatic heterocycles. The van der Waals surface area contributed by atoms with E-state index in [2.05, 4.69) is 25.8 Å². The Bertz CT molecular complexity index is 1050. The van der Waals surface area contributed by atoms with Gasteiger partial charge in [-0.25, -0.2) is 4.98 Å². The third-order valence-electron chi connectivity index (χ3n) is 4.48. The SMILES string of the molecule is Cc1cc(CNc2cc(Nc3ccc(-c4cnco4)cc3)[nH]n2)cc(C)c1O. The van der Waals surface area contributed by atoms with Crippen molar-refractivity contribution in [1.29, 1.82) is 0 Å². The van der Waals surface area contributed by atoms with Crippen LogP contribution in [0.4, 0.5) is 17.3 Å². The minimum Gasteiger partial charge on any atom is -0.507 e. The van der Waals surface area contributed by atoms with Gasteiger partial charge in [-0.3, -0.25) is 5.10 Å². The van der Waals surface area contributed by atoms with Crippen LogP contribution in [0.1, 0.15) is 16.7 Å².